The van der Waals surface area contributed by atoms with Crippen LogP contribution in [0.3, 0.4) is 0 Å². The second-order valence-electron chi connectivity index (χ2n) is 12.2. The number of hydrogen-bond donors (Lipinski definition) is 3. The fourth-order valence-corrected chi connectivity index (χ4v) is 5.92. The van der Waals surface area contributed by atoms with Crippen LogP contribution < -0.4 is 9.47 Å². The molecule has 0 spiro atoms. The van der Waals surface area contributed by atoms with Crippen molar-refractivity contribution < 1.29 is 49.0 Å². The van der Waals surface area contributed by atoms with Crippen LogP contribution in [0.15, 0.2) is 66.8 Å². The molecule has 1 saturated carbocycles. The molecule has 1 aliphatic rings. The van der Waals surface area contributed by atoms with Crippen LogP contribution in [-0.4, -0.2) is 71.0 Å². The number of methoxy groups -OCH3 is 1. The van der Waals surface area contributed by atoms with Gasteiger partial charge in [0.2, 0.25) is 0 Å². The maximum absolute atomic E-state index is 12.5. The Morgan fingerprint density at radius 2 is 1.73 bits per heavy atom. The van der Waals surface area contributed by atoms with E-state index in [0.717, 1.165) is 6.42 Å². The van der Waals surface area contributed by atoms with Crippen molar-refractivity contribution in [2.45, 2.75) is 88.9 Å². The highest BCUT2D eigenvalue weighted by atomic mass is 16.9. The predicted molar refractivity (Wildman–Crippen MR) is 182 cm³/mol. The van der Waals surface area contributed by atoms with E-state index in [1.165, 1.54) is 24.8 Å². The van der Waals surface area contributed by atoms with Gasteiger partial charge in [0.15, 0.2) is 11.5 Å². The van der Waals surface area contributed by atoms with E-state index in [1.54, 1.807) is 18.2 Å². The standard InChI is InChI=1S/C37H49NO11/c1-46-35-25-28(17-22-36(42)47-23-9-10-24-48-38(44)45)16-21-34(35)49-37(43)14-8-3-2-7-13-30-31(33(41)26-32(30)40)20-19-29(39)18-15-27-11-5-4-6-12-27/h2,4-7,11-12,16-17,21-22,25,29-33,39-41H,3,8-10,13-15,18-20,23-24,26H2,1H3/b7-2-,22-17+/t29-,30+,31+,32-,33+/m0/s1. The number of hydrogen-bond acceptors (Lipinski definition) is 11. The lowest BCUT2D eigenvalue weighted by Crippen LogP contribution is -2.23. The molecule has 3 rings (SSSR count). The van der Waals surface area contributed by atoms with Gasteiger partial charge in [0.1, 0.15) is 0 Å². The zero-order valence-corrected chi connectivity index (χ0v) is 28.1. The van der Waals surface area contributed by atoms with Crippen molar-refractivity contribution in [2.24, 2.45) is 11.8 Å². The van der Waals surface area contributed by atoms with Gasteiger partial charge in [-0.2, -0.15) is 0 Å². The van der Waals surface area contributed by atoms with Gasteiger partial charge in [-0.1, -0.05) is 48.6 Å². The molecular formula is C37H49NO11. The van der Waals surface area contributed by atoms with Gasteiger partial charge in [-0.25, -0.2) is 4.79 Å². The van der Waals surface area contributed by atoms with Crippen molar-refractivity contribution in [3.63, 3.8) is 0 Å². The Labute approximate surface area is 287 Å². The van der Waals surface area contributed by atoms with Gasteiger partial charge in [-0.3, -0.25) is 4.79 Å². The number of carbonyl (C=O) groups is 2. The highest BCUT2D eigenvalue weighted by Crippen LogP contribution is 2.38. The molecule has 2 aromatic carbocycles. The van der Waals surface area contributed by atoms with Gasteiger partial charge in [0.25, 0.3) is 5.09 Å². The molecule has 0 unspecified atom stereocenters. The summed E-state index contributed by atoms with van der Waals surface area (Å²) in [5.41, 5.74) is 1.81. The largest absolute Gasteiger partial charge is 0.493 e. The van der Waals surface area contributed by atoms with Crippen molar-refractivity contribution in [2.75, 3.05) is 20.3 Å². The van der Waals surface area contributed by atoms with Crippen LogP contribution in [0.4, 0.5) is 0 Å². The summed E-state index contributed by atoms with van der Waals surface area (Å²) in [7, 11) is 1.45. The maximum atomic E-state index is 12.5. The number of rotatable bonds is 22. The molecule has 0 radical (unpaired) electrons. The van der Waals surface area contributed by atoms with Crippen molar-refractivity contribution >= 4 is 18.0 Å². The quantitative estimate of drug-likeness (QED) is 0.0276. The molecule has 268 valence electrons. The predicted octanol–water partition coefficient (Wildman–Crippen LogP) is 5.39. The van der Waals surface area contributed by atoms with E-state index in [0.29, 0.717) is 69.1 Å². The number of ether oxygens (including phenoxy) is 3. The third-order valence-corrected chi connectivity index (χ3v) is 8.59. The zero-order chi connectivity index (χ0) is 35.4. The molecule has 0 bridgehead atoms. The van der Waals surface area contributed by atoms with Crippen LogP contribution in [0, 0.1) is 22.0 Å². The Morgan fingerprint density at radius 1 is 0.980 bits per heavy atom. The first kappa shape index (κ1) is 39.2. The molecule has 12 nitrogen and oxygen atoms in total. The smallest absolute Gasteiger partial charge is 0.330 e. The van der Waals surface area contributed by atoms with Crippen molar-refractivity contribution in [3.05, 3.63) is 88.0 Å². The van der Waals surface area contributed by atoms with Crippen LogP contribution in [0.5, 0.6) is 11.5 Å². The van der Waals surface area contributed by atoms with Crippen molar-refractivity contribution in [1.29, 1.82) is 0 Å². The van der Waals surface area contributed by atoms with Crippen LogP contribution in [0.25, 0.3) is 6.08 Å². The first-order valence-corrected chi connectivity index (χ1v) is 16.9. The lowest BCUT2D eigenvalue weighted by atomic mass is 9.85. The molecule has 1 fully saturated rings. The number of carbonyl (C=O) groups excluding carboxylic acids is 2. The molecule has 0 saturated heterocycles. The Morgan fingerprint density at radius 3 is 2.49 bits per heavy atom. The lowest BCUT2D eigenvalue weighted by molar-refractivity contribution is -0.757. The Hall–Kier alpha value is -4.26. The molecular weight excluding hydrogens is 634 g/mol. The third kappa shape index (κ3) is 14.8. The van der Waals surface area contributed by atoms with Crippen LogP contribution in [-0.2, 0) is 25.6 Å². The summed E-state index contributed by atoms with van der Waals surface area (Å²) in [6.07, 6.45) is 11.0. The number of aliphatic hydroxyl groups excluding tert-OH is 3. The first-order chi connectivity index (χ1) is 23.7. The van der Waals surface area contributed by atoms with Gasteiger partial charge in [-0.15, -0.1) is 10.1 Å². The van der Waals surface area contributed by atoms with Gasteiger partial charge < -0.3 is 34.4 Å². The minimum atomic E-state index is -0.868. The third-order valence-electron chi connectivity index (χ3n) is 8.59. The summed E-state index contributed by atoms with van der Waals surface area (Å²) in [4.78, 5) is 38.7. The second-order valence-corrected chi connectivity index (χ2v) is 12.2. The normalized spacial score (nSPS) is 19.6. The Bertz CT molecular complexity index is 1360. The number of unbranched alkanes of at least 4 members (excludes halogenated alkanes) is 2. The van der Waals surface area contributed by atoms with E-state index in [9.17, 15) is 35.0 Å². The zero-order valence-electron chi connectivity index (χ0n) is 28.1. The molecule has 0 heterocycles. The summed E-state index contributed by atoms with van der Waals surface area (Å²) >= 11 is 0. The molecule has 3 N–H and O–H groups in total. The highest BCUT2D eigenvalue weighted by molar-refractivity contribution is 5.87. The number of nitrogens with zero attached hydrogens (tertiary/aromatic N) is 1. The van der Waals surface area contributed by atoms with Gasteiger partial charge >= 0.3 is 11.9 Å². The Kier molecular flexibility index (Phi) is 17.3. The van der Waals surface area contributed by atoms with E-state index in [1.807, 2.05) is 42.5 Å². The number of benzene rings is 2. The average molecular weight is 684 g/mol. The monoisotopic (exact) mass is 683 g/mol. The van der Waals surface area contributed by atoms with E-state index in [-0.39, 0.29) is 37.2 Å². The lowest BCUT2D eigenvalue weighted by Gasteiger charge is -2.23. The summed E-state index contributed by atoms with van der Waals surface area (Å²) in [6, 6.07) is 14.9. The highest BCUT2D eigenvalue weighted by Gasteiger charge is 2.40. The summed E-state index contributed by atoms with van der Waals surface area (Å²) in [5.74, 6) is -0.561. The van der Waals surface area contributed by atoms with Crippen molar-refractivity contribution in [3.8, 4) is 11.5 Å². The van der Waals surface area contributed by atoms with Crippen LogP contribution in [0.1, 0.15) is 75.3 Å². The maximum Gasteiger partial charge on any atom is 0.330 e. The molecule has 1 aliphatic carbocycles. The van der Waals surface area contributed by atoms with Gasteiger partial charge in [0, 0.05) is 12.5 Å². The van der Waals surface area contributed by atoms with Gasteiger partial charge in [0.05, 0.1) is 38.6 Å². The molecule has 0 aliphatic heterocycles. The van der Waals surface area contributed by atoms with E-state index < -0.39 is 35.3 Å². The van der Waals surface area contributed by atoms with E-state index in [2.05, 4.69) is 4.84 Å². The number of aliphatic hydroxyl groups is 3. The number of aryl methyl sites for hydroxylation is 1. The molecule has 2 aromatic rings. The summed E-state index contributed by atoms with van der Waals surface area (Å²) < 4.78 is 15.9. The van der Waals surface area contributed by atoms with Crippen LogP contribution >= 0.6 is 0 Å². The number of esters is 2. The van der Waals surface area contributed by atoms with Gasteiger partial charge in [-0.05, 0) is 105 Å². The minimum Gasteiger partial charge on any atom is -0.493 e. The Balaban J connectivity index is 1.35. The molecule has 49 heavy (non-hydrogen) atoms. The second kappa shape index (κ2) is 21.7. The fourth-order valence-electron chi connectivity index (χ4n) is 5.92. The molecule has 12 heteroatoms. The summed E-state index contributed by atoms with van der Waals surface area (Å²) in [5, 5.41) is 40.9. The topological polar surface area (TPSA) is 175 Å². The number of allylic oxidation sites excluding steroid dienone is 2. The summed E-state index contributed by atoms with van der Waals surface area (Å²) in [6.45, 7) is 0.0477. The fraction of sp³-hybridized carbons (Fsp3) is 0.514. The van der Waals surface area contributed by atoms with E-state index in [4.69, 9.17) is 14.2 Å². The average Bonchev–Trinajstić information content (AvgIpc) is 3.36. The van der Waals surface area contributed by atoms with Crippen LogP contribution in [0.2, 0.25) is 0 Å². The molecule has 0 amide bonds. The SMILES string of the molecule is COc1cc(/C=C/C(=O)OCCCCO[N+](=O)[O-])ccc1OC(=O)CCC/C=C\C[C@@H]1[C@@H](CC[C@@H](O)CCc2ccccc2)[C@H](O)C[C@@H]1O. The van der Waals surface area contributed by atoms with E-state index >= 15 is 0 Å². The molecule has 0 aromatic heterocycles. The first-order valence-electron chi connectivity index (χ1n) is 16.9. The molecule has 5 atom stereocenters. The van der Waals surface area contributed by atoms with Crippen molar-refractivity contribution in [1.82, 2.24) is 0 Å². The minimum absolute atomic E-state index is 0.0579.